The number of nitrogens with zero attached hydrogens (tertiary/aromatic N) is 2. The topological polar surface area (TPSA) is 87.2 Å². The number of amides is 2. The van der Waals surface area contributed by atoms with E-state index in [4.69, 9.17) is 9.84 Å². The molecule has 0 aromatic heterocycles. The monoisotopic (exact) mass is 386 g/mol. The van der Waals surface area contributed by atoms with Crippen LogP contribution in [0, 0.1) is 0 Å². The highest BCUT2D eigenvalue weighted by Gasteiger charge is 2.27. The SMILES string of the molecule is CCCCCCCN(CCCC)C(=O)CN(CC(=O)O)C(=O)OC(C)(C)C. The minimum absolute atomic E-state index is 0.231. The van der Waals surface area contributed by atoms with E-state index in [1.165, 1.54) is 12.8 Å². The number of carboxylic acids is 1. The molecule has 0 unspecified atom stereocenters. The van der Waals surface area contributed by atoms with Gasteiger partial charge in [-0.15, -0.1) is 0 Å². The molecule has 0 saturated heterocycles. The summed E-state index contributed by atoms with van der Waals surface area (Å²) in [5, 5.41) is 9.07. The molecule has 0 fully saturated rings. The molecular formula is C20H38N2O5. The molecule has 7 heteroatoms. The Kier molecular flexibility index (Phi) is 12.5. The molecule has 0 aromatic rings. The molecule has 27 heavy (non-hydrogen) atoms. The van der Waals surface area contributed by atoms with Crippen LogP contribution < -0.4 is 0 Å². The number of carbonyl (C=O) groups excluding carboxylic acids is 2. The van der Waals surface area contributed by atoms with Gasteiger partial charge in [-0.3, -0.25) is 14.5 Å². The maximum absolute atomic E-state index is 12.7. The van der Waals surface area contributed by atoms with Crippen molar-refractivity contribution in [2.45, 2.75) is 85.2 Å². The summed E-state index contributed by atoms with van der Waals surface area (Å²) in [5.41, 5.74) is -0.752. The van der Waals surface area contributed by atoms with Crippen LogP contribution >= 0.6 is 0 Å². The van der Waals surface area contributed by atoms with E-state index in [-0.39, 0.29) is 12.5 Å². The van der Waals surface area contributed by atoms with Crippen molar-refractivity contribution in [1.82, 2.24) is 9.80 Å². The average molecular weight is 387 g/mol. The van der Waals surface area contributed by atoms with Gasteiger partial charge >= 0.3 is 12.1 Å². The fourth-order valence-corrected chi connectivity index (χ4v) is 2.55. The maximum atomic E-state index is 12.7. The Morgan fingerprint density at radius 3 is 1.89 bits per heavy atom. The molecule has 0 rings (SSSR count). The standard InChI is InChI=1S/C20H38N2O5/c1-6-8-10-11-12-14-21(13-9-7-2)17(23)15-22(16-18(24)25)19(26)27-20(3,4)5/h6-16H2,1-5H3,(H,24,25). The van der Waals surface area contributed by atoms with E-state index in [9.17, 15) is 14.4 Å². The fraction of sp³-hybridized carbons (Fsp3) is 0.850. The van der Waals surface area contributed by atoms with E-state index >= 15 is 0 Å². The second kappa shape index (κ2) is 13.4. The van der Waals surface area contributed by atoms with E-state index in [0.717, 1.165) is 37.0 Å². The summed E-state index contributed by atoms with van der Waals surface area (Å²) >= 11 is 0. The van der Waals surface area contributed by atoms with Gasteiger partial charge in [-0.05, 0) is 33.6 Å². The number of aliphatic carboxylic acids is 1. The van der Waals surface area contributed by atoms with Crippen molar-refractivity contribution in [2.75, 3.05) is 26.2 Å². The maximum Gasteiger partial charge on any atom is 0.411 e. The molecule has 0 spiro atoms. The van der Waals surface area contributed by atoms with Gasteiger partial charge in [0.1, 0.15) is 18.7 Å². The minimum Gasteiger partial charge on any atom is -0.480 e. The zero-order chi connectivity index (χ0) is 20.9. The van der Waals surface area contributed by atoms with Crippen LogP contribution in [0.1, 0.15) is 79.6 Å². The van der Waals surface area contributed by atoms with Crippen molar-refractivity contribution < 1.29 is 24.2 Å². The third kappa shape index (κ3) is 13.1. The number of rotatable bonds is 13. The number of unbranched alkanes of at least 4 members (excludes halogenated alkanes) is 5. The quantitative estimate of drug-likeness (QED) is 0.485. The Morgan fingerprint density at radius 2 is 1.37 bits per heavy atom. The molecule has 0 aromatic carbocycles. The summed E-state index contributed by atoms with van der Waals surface area (Å²) < 4.78 is 5.24. The third-order valence-electron chi connectivity index (χ3n) is 3.97. The lowest BCUT2D eigenvalue weighted by Gasteiger charge is -2.29. The Morgan fingerprint density at radius 1 is 0.815 bits per heavy atom. The Balaban J connectivity index is 4.89. The fourth-order valence-electron chi connectivity index (χ4n) is 2.55. The number of hydrogen-bond donors (Lipinski definition) is 1. The molecule has 1 N–H and O–H groups in total. The van der Waals surface area contributed by atoms with Gasteiger partial charge < -0.3 is 14.7 Å². The van der Waals surface area contributed by atoms with Gasteiger partial charge in [0.15, 0.2) is 0 Å². The van der Waals surface area contributed by atoms with E-state index in [1.807, 2.05) is 0 Å². The molecule has 0 bridgehead atoms. The Labute approximate surface area is 164 Å². The lowest BCUT2D eigenvalue weighted by molar-refractivity contribution is -0.139. The molecule has 7 nitrogen and oxygen atoms in total. The highest BCUT2D eigenvalue weighted by Crippen LogP contribution is 2.11. The van der Waals surface area contributed by atoms with Crippen molar-refractivity contribution in [3.05, 3.63) is 0 Å². The minimum atomic E-state index is -1.17. The van der Waals surface area contributed by atoms with Crippen LogP contribution in [0.4, 0.5) is 4.79 Å². The first-order chi connectivity index (χ1) is 12.6. The van der Waals surface area contributed by atoms with Gasteiger partial charge in [-0.1, -0.05) is 46.0 Å². The predicted molar refractivity (Wildman–Crippen MR) is 106 cm³/mol. The molecule has 158 valence electrons. The van der Waals surface area contributed by atoms with Gasteiger partial charge in [0, 0.05) is 13.1 Å². The molecule has 0 aliphatic carbocycles. The van der Waals surface area contributed by atoms with Crippen LogP contribution in [0.3, 0.4) is 0 Å². The molecule has 0 atom stereocenters. The molecule has 0 aliphatic rings. The Bertz CT molecular complexity index is 460. The van der Waals surface area contributed by atoms with Crippen molar-refractivity contribution >= 4 is 18.0 Å². The molecule has 0 radical (unpaired) electrons. The summed E-state index contributed by atoms with van der Waals surface area (Å²) in [6.07, 6.45) is 6.55. The first-order valence-electron chi connectivity index (χ1n) is 10.1. The zero-order valence-electron chi connectivity index (χ0n) is 17.8. The van der Waals surface area contributed by atoms with Crippen LogP contribution in [-0.4, -0.2) is 64.7 Å². The van der Waals surface area contributed by atoms with Gasteiger partial charge in [0.25, 0.3) is 0 Å². The number of carboxylic acid groups (broad SMARTS) is 1. The summed E-state index contributed by atoms with van der Waals surface area (Å²) in [6.45, 7) is 9.75. The molecule has 0 heterocycles. The summed E-state index contributed by atoms with van der Waals surface area (Å²) in [5.74, 6) is -1.40. The first kappa shape index (κ1) is 25.2. The van der Waals surface area contributed by atoms with Crippen molar-refractivity contribution in [1.29, 1.82) is 0 Å². The third-order valence-corrected chi connectivity index (χ3v) is 3.97. The molecule has 0 saturated carbocycles. The lowest BCUT2D eigenvalue weighted by atomic mass is 10.1. The van der Waals surface area contributed by atoms with Gasteiger partial charge in [0.05, 0.1) is 0 Å². The number of ether oxygens (including phenoxy) is 1. The van der Waals surface area contributed by atoms with E-state index in [0.29, 0.717) is 13.1 Å². The predicted octanol–water partition coefficient (Wildman–Crippen LogP) is 3.91. The number of hydrogen-bond acceptors (Lipinski definition) is 4. The molecular weight excluding hydrogens is 348 g/mol. The highest BCUT2D eigenvalue weighted by atomic mass is 16.6. The van der Waals surface area contributed by atoms with Crippen molar-refractivity contribution in [3.8, 4) is 0 Å². The normalized spacial score (nSPS) is 11.1. The van der Waals surface area contributed by atoms with Gasteiger partial charge in [0.2, 0.25) is 5.91 Å². The van der Waals surface area contributed by atoms with Crippen LogP contribution in [0.25, 0.3) is 0 Å². The zero-order valence-corrected chi connectivity index (χ0v) is 17.8. The van der Waals surface area contributed by atoms with E-state index in [1.54, 1.807) is 25.7 Å². The summed E-state index contributed by atoms with van der Waals surface area (Å²) in [7, 11) is 0. The van der Waals surface area contributed by atoms with Gasteiger partial charge in [-0.2, -0.15) is 0 Å². The molecule has 2 amide bonds. The lowest BCUT2D eigenvalue weighted by Crippen LogP contribution is -2.47. The van der Waals surface area contributed by atoms with E-state index in [2.05, 4.69) is 13.8 Å². The van der Waals surface area contributed by atoms with Crippen LogP contribution in [0.2, 0.25) is 0 Å². The average Bonchev–Trinajstić information content (AvgIpc) is 2.54. The first-order valence-corrected chi connectivity index (χ1v) is 10.1. The summed E-state index contributed by atoms with van der Waals surface area (Å²) in [4.78, 5) is 38.8. The smallest absolute Gasteiger partial charge is 0.411 e. The second-order valence-corrected chi connectivity index (χ2v) is 7.88. The summed E-state index contributed by atoms with van der Waals surface area (Å²) in [6, 6.07) is 0. The second-order valence-electron chi connectivity index (χ2n) is 7.88. The number of carbonyl (C=O) groups is 3. The highest BCUT2D eigenvalue weighted by molar-refractivity contribution is 5.84. The van der Waals surface area contributed by atoms with Crippen molar-refractivity contribution in [3.63, 3.8) is 0 Å². The van der Waals surface area contributed by atoms with Crippen molar-refractivity contribution in [2.24, 2.45) is 0 Å². The van der Waals surface area contributed by atoms with Crippen LogP contribution in [0.15, 0.2) is 0 Å². The van der Waals surface area contributed by atoms with Crippen LogP contribution in [-0.2, 0) is 14.3 Å². The van der Waals surface area contributed by atoms with Gasteiger partial charge in [-0.25, -0.2) is 4.79 Å². The van der Waals surface area contributed by atoms with E-state index < -0.39 is 24.2 Å². The Hall–Kier alpha value is -1.79. The molecule has 0 aliphatic heterocycles. The largest absolute Gasteiger partial charge is 0.480 e. The van der Waals surface area contributed by atoms with Crippen LogP contribution in [0.5, 0.6) is 0 Å².